The summed E-state index contributed by atoms with van der Waals surface area (Å²) < 4.78 is 2.70. The van der Waals surface area contributed by atoms with Gasteiger partial charge in [0, 0.05) is 12.6 Å². The first-order valence-electron chi connectivity index (χ1n) is 3.76. The maximum absolute atomic E-state index is 11.4. The van der Waals surface area contributed by atoms with Crippen molar-refractivity contribution in [3.8, 4) is 0 Å². The van der Waals surface area contributed by atoms with Crippen LogP contribution in [0.4, 0.5) is 5.95 Å². The van der Waals surface area contributed by atoms with Gasteiger partial charge in [-0.05, 0) is 20.8 Å². The highest BCUT2D eigenvalue weighted by molar-refractivity contribution is 5.16. The smallest absolute Gasteiger partial charge is 0.347 e. The predicted molar refractivity (Wildman–Crippen MR) is 46.9 cm³/mol. The van der Waals surface area contributed by atoms with Crippen LogP contribution in [0.2, 0.25) is 0 Å². The number of hydrogen-bond donors (Lipinski definition) is 1. The summed E-state index contributed by atoms with van der Waals surface area (Å²) >= 11 is 0. The molecule has 0 spiro atoms. The van der Waals surface area contributed by atoms with Gasteiger partial charge >= 0.3 is 5.69 Å². The molecule has 1 rings (SSSR count). The molecule has 68 valence electrons. The minimum Gasteiger partial charge on any atom is -0.368 e. The SMILES string of the molecule is Cn1nc(N)n(C(C)(C)C)c1=O. The lowest BCUT2D eigenvalue weighted by Gasteiger charge is -2.19. The predicted octanol–water partition coefficient (Wildman–Crippen LogP) is -0.0810. The van der Waals surface area contributed by atoms with Gasteiger partial charge in [-0.3, -0.25) is 4.57 Å². The first-order valence-corrected chi connectivity index (χ1v) is 3.76. The largest absolute Gasteiger partial charge is 0.368 e. The minimum absolute atomic E-state index is 0.181. The van der Waals surface area contributed by atoms with Crippen LogP contribution in [0.5, 0.6) is 0 Å². The van der Waals surface area contributed by atoms with E-state index in [1.165, 1.54) is 9.25 Å². The van der Waals surface area contributed by atoms with E-state index in [1.54, 1.807) is 7.05 Å². The molecule has 0 amide bonds. The van der Waals surface area contributed by atoms with E-state index in [4.69, 9.17) is 5.73 Å². The molecule has 5 heteroatoms. The van der Waals surface area contributed by atoms with E-state index in [9.17, 15) is 4.79 Å². The number of nitrogens with two attached hydrogens (primary N) is 1. The van der Waals surface area contributed by atoms with E-state index in [0.29, 0.717) is 0 Å². The second-order valence-corrected chi connectivity index (χ2v) is 3.77. The van der Waals surface area contributed by atoms with E-state index in [2.05, 4.69) is 5.10 Å². The van der Waals surface area contributed by atoms with Crippen molar-refractivity contribution in [3.63, 3.8) is 0 Å². The fourth-order valence-electron chi connectivity index (χ4n) is 1.11. The van der Waals surface area contributed by atoms with Crippen LogP contribution in [-0.2, 0) is 12.6 Å². The Kier molecular flexibility index (Phi) is 1.74. The van der Waals surface area contributed by atoms with Crippen molar-refractivity contribution >= 4 is 5.95 Å². The van der Waals surface area contributed by atoms with Gasteiger partial charge in [-0.25, -0.2) is 9.48 Å². The van der Waals surface area contributed by atoms with Gasteiger partial charge in [0.05, 0.1) is 0 Å². The van der Waals surface area contributed by atoms with Crippen LogP contribution in [0.25, 0.3) is 0 Å². The highest BCUT2D eigenvalue weighted by Gasteiger charge is 2.20. The van der Waals surface area contributed by atoms with Crippen LogP contribution in [0, 0.1) is 0 Å². The Bertz CT molecular complexity index is 341. The quantitative estimate of drug-likeness (QED) is 0.592. The number of aromatic nitrogens is 3. The molecule has 1 aromatic rings. The third-order valence-corrected chi connectivity index (χ3v) is 1.62. The summed E-state index contributed by atoms with van der Waals surface area (Å²) in [6.07, 6.45) is 0. The molecule has 0 unspecified atom stereocenters. The standard InChI is InChI=1S/C7H14N4O/c1-7(2,3)11-5(8)9-10(4)6(11)12/h1-4H3,(H2,8,9). The molecule has 0 fully saturated rings. The Balaban J connectivity index is 3.43. The van der Waals surface area contributed by atoms with Gasteiger partial charge in [-0.1, -0.05) is 0 Å². The van der Waals surface area contributed by atoms with Crippen LogP contribution in [-0.4, -0.2) is 14.3 Å². The molecular weight excluding hydrogens is 156 g/mol. The molecule has 0 aliphatic heterocycles. The van der Waals surface area contributed by atoms with E-state index in [1.807, 2.05) is 20.8 Å². The second kappa shape index (κ2) is 2.36. The lowest BCUT2D eigenvalue weighted by molar-refractivity contribution is 0.386. The first kappa shape index (κ1) is 8.83. The lowest BCUT2D eigenvalue weighted by atomic mass is 10.1. The van der Waals surface area contributed by atoms with Crippen molar-refractivity contribution in [3.05, 3.63) is 10.5 Å². The van der Waals surface area contributed by atoms with E-state index < -0.39 is 0 Å². The lowest BCUT2D eigenvalue weighted by Crippen LogP contribution is -2.34. The Morgan fingerprint density at radius 2 is 1.92 bits per heavy atom. The van der Waals surface area contributed by atoms with Gasteiger partial charge in [0.1, 0.15) is 0 Å². The number of rotatable bonds is 0. The maximum atomic E-state index is 11.4. The molecule has 0 radical (unpaired) electrons. The van der Waals surface area contributed by atoms with Gasteiger partial charge in [0.15, 0.2) is 0 Å². The van der Waals surface area contributed by atoms with Crippen molar-refractivity contribution < 1.29 is 0 Å². The first-order chi connectivity index (χ1) is 5.34. The van der Waals surface area contributed by atoms with Crippen molar-refractivity contribution in [2.75, 3.05) is 5.73 Å². The minimum atomic E-state index is -0.310. The zero-order chi connectivity index (χ0) is 9.52. The molecule has 0 bridgehead atoms. The molecule has 2 N–H and O–H groups in total. The summed E-state index contributed by atoms with van der Waals surface area (Å²) in [5, 5.41) is 3.82. The van der Waals surface area contributed by atoms with Gasteiger partial charge in [-0.2, -0.15) is 0 Å². The van der Waals surface area contributed by atoms with Crippen molar-refractivity contribution in [1.82, 2.24) is 14.3 Å². The summed E-state index contributed by atoms with van der Waals surface area (Å²) in [5.74, 6) is 0.259. The van der Waals surface area contributed by atoms with Crippen LogP contribution in [0.15, 0.2) is 4.79 Å². The summed E-state index contributed by atoms with van der Waals surface area (Å²) in [4.78, 5) is 11.4. The van der Waals surface area contributed by atoms with Gasteiger partial charge in [0.25, 0.3) is 0 Å². The molecule has 5 nitrogen and oxygen atoms in total. The maximum Gasteiger partial charge on any atom is 0.347 e. The van der Waals surface area contributed by atoms with E-state index in [0.717, 1.165) is 0 Å². The molecule has 0 saturated carbocycles. The van der Waals surface area contributed by atoms with Gasteiger partial charge in [0.2, 0.25) is 5.95 Å². The summed E-state index contributed by atoms with van der Waals surface area (Å²) in [7, 11) is 1.58. The molecule has 12 heavy (non-hydrogen) atoms. The van der Waals surface area contributed by atoms with Crippen LogP contribution in [0.1, 0.15) is 20.8 Å². The summed E-state index contributed by atoms with van der Waals surface area (Å²) in [6, 6.07) is 0. The zero-order valence-corrected chi connectivity index (χ0v) is 7.83. The number of anilines is 1. The number of nitrogens with zero attached hydrogens (tertiary/aromatic N) is 3. The van der Waals surface area contributed by atoms with Crippen LogP contribution in [0.3, 0.4) is 0 Å². The van der Waals surface area contributed by atoms with Crippen molar-refractivity contribution in [1.29, 1.82) is 0 Å². The topological polar surface area (TPSA) is 65.8 Å². The molecular formula is C7H14N4O. The highest BCUT2D eigenvalue weighted by atomic mass is 16.2. The second-order valence-electron chi connectivity index (χ2n) is 3.77. The Hall–Kier alpha value is -1.26. The van der Waals surface area contributed by atoms with Crippen LogP contribution < -0.4 is 11.4 Å². The van der Waals surface area contributed by atoms with Gasteiger partial charge in [-0.15, -0.1) is 5.10 Å². The van der Waals surface area contributed by atoms with Crippen molar-refractivity contribution in [2.45, 2.75) is 26.3 Å². The summed E-state index contributed by atoms with van der Waals surface area (Å²) in [6.45, 7) is 5.73. The number of hydrogen-bond acceptors (Lipinski definition) is 3. The van der Waals surface area contributed by atoms with Gasteiger partial charge < -0.3 is 5.73 Å². The highest BCUT2D eigenvalue weighted by Crippen LogP contribution is 2.13. The summed E-state index contributed by atoms with van der Waals surface area (Å²) in [5.41, 5.74) is 5.07. The molecule has 0 saturated heterocycles. The average molecular weight is 170 g/mol. The molecule has 0 aliphatic rings. The molecule has 0 atom stereocenters. The Labute approximate surface area is 70.8 Å². The Morgan fingerprint density at radius 1 is 1.42 bits per heavy atom. The molecule has 1 heterocycles. The number of nitrogen functional groups attached to an aromatic ring is 1. The molecule has 0 aliphatic carbocycles. The molecule has 1 aromatic heterocycles. The van der Waals surface area contributed by atoms with Crippen LogP contribution >= 0.6 is 0 Å². The zero-order valence-electron chi connectivity index (χ0n) is 7.83. The van der Waals surface area contributed by atoms with E-state index >= 15 is 0 Å². The molecule has 0 aromatic carbocycles. The Morgan fingerprint density at radius 3 is 2.08 bits per heavy atom. The fourth-order valence-corrected chi connectivity index (χ4v) is 1.11. The fraction of sp³-hybridized carbons (Fsp3) is 0.714. The number of aryl methyl sites for hydroxylation is 1. The van der Waals surface area contributed by atoms with E-state index in [-0.39, 0.29) is 17.2 Å². The third kappa shape index (κ3) is 1.22. The average Bonchev–Trinajstić information content (AvgIpc) is 2.05. The van der Waals surface area contributed by atoms with Crippen molar-refractivity contribution in [2.24, 2.45) is 7.05 Å². The third-order valence-electron chi connectivity index (χ3n) is 1.62. The monoisotopic (exact) mass is 170 g/mol. The normalized spacial score (nSPS) is 12.0.